The van der Waals surface area contributed by atoms with Crippen LogP contribution in [0.2, 0.25) is 0 Å². The number of nitrogens with one attached hydrogen (secondary N) is 1. The van der Waals surface area contributed by atoms with Gasteiger partial charge in [-0.3, -0.25) is 0 Å². The summed E-state index contributed by atoms with van der Waals surface area (Å²) >= 11 is 0. The minimum absolute atomic E-state index is 0.887. The summed E-state index contributed by atoms with van der Waals surface area (Å²) in [6, 6.07) is 8.78. The molecule has 1 saturated heterocycles. The predicted octanol–water partition coefficient (Wildman–Crippen LogP) is 5.77. The summed E-state index contributed by atoms with van der Waals surface area (Å²) in [5.41, 5.74) is 5.16. The Morgan fingerprint density at radius 2 is 1.96 bits per heavy atom. The second kappa shape index (κ2) is 8.10. The van der Waals surface area contributed by atoms with Crippen molar-refractivity contribution in [1.82, 2.24) is 9.88 Å². The van der Waals surface area contributed by atoms with Gasteiger partial charge in [0.15, 0.2) is 0 Å². The minimum atomic E-state index is 0.887. The van der Waals surface area contributed by atoms with Gasteiger partial charge in [-0.15, -0.1) is 0 Å². The van der Waals surface area contributed by atoms with Gasteiger partial charge in [0.25, 0.3) is 0 Å². The SMILES string of the molecule is C=C(CCN1CCCCC1)Nc1cc2cc(C3=CC=C(C)C3)ccc2cn1. The van der Waals surface area contributed by atoms with Crippen LogP contribution in [0.1, 0.15) is 44.6 Å². The lowest BCUT2D eigenvalue weighted by Gasteiger charge is -2.26. The zero-order valence-electron chi connectivity index (χ0n) is 16.3. The minimum Gasteiger partial charge on any atom is -0.344 e. The molecule has 0 unspecified atom stereocenters. The first kappa shape index (κ1) is 18.0. The number of nitrogens with zero attached hydrogens (tertiary/aromatic N) is 2. The highest BCUT2D eigenvalue weighted by molar-refractivity contribution is 5.88. The highest BCUT2D eigenvalue weighted by atomic mass is 15.1. The van der Waals surface area contributed by atoms with E-state index in [2.05, 4.69) is 65.1 Å². The first-order valence-corrected chi connectivity index (χ1v) is 10.1. The molecular formula is C24H29N3. The summed E-state index contributed by atoms with van der Waals surface area (Å²) in [5.74, 6) is 0.887. The fourth-order valence-corrected chi connectivity index (χ4v) is 3.99. The molecule has 0 spiro atoms. The highest BCUT2D eigenvalue weighted by Crippen LogP contribution is 2.30. The van der Waals surface area contributed by atoms with Crippen molar-refractivity contribution in [1.29, 1.82) is 0 Å². The van der Waals surface area contributed by atoms with Gasteiger partial charge < -0.3 is 10.2 Å². The van der Waals surface area contributed by atoms with Crippen LogP contribution in [0.15, 0.2) is 60.5 Å². The number of benzene rings is 1. The largest absolute Gasteiger partial charge is 0.344 e. The molecule has 1 N–H and O–H groups in total. The van der Waals surface area contributed by atoms with E-state index in [1.54, 1.807) is 0 Å². The van der Waals surface area contributed by atoms with E-state index in [0.29, 0.717) is 0 Å². The fourth-order valence-electron chi connectivity index (χ4n) is 3.99. The maximum absolute atomic E-state index is 4.57. The number of piperidine rings is 1. The molecular weight excluding hydrogens is 330 g/mol. The molecule has 0 atom stereocenters. The van der Waals surface area contributed by atoms with Crippen LogP contribution >= 0.6 is 0 Å². The smallest absolute Gasteiger partial charge is 0.130 e. The van der Waals surface area contributed by atoms with Gasteiger partial charge in [-0.2, -0.15) is 0 Å². The van der Waals surface area contributed by atoms with E-state index in [9.17, 15) is 0 Å². The maximum Gasteiger partial charge on any atom is 0.130 e. The van der Waals surface area contributed by atoms with Crippen LogP contribution in [0.5, 0.6) is 0 Å². The summed E-state index contributed by atoms with van der Waals surface area (Å²) < 4.78 is 0. The molecule has 1 aromatic carbocycles. The molecule has 0 radical (unpaired) electrons. The van der Waals surface area contributed by atoms with E-state index in [1.165, 1.54) is 59.8 Å². The molecule has 0 saturated carbocycles. The predicted molar refractivity (Wildman–Crippen MR) is 116 cm³/mol. The lowest BCUT2D eigenvalue weighted by molar-refractivity contribution is 0.231. The van der Waals surface area contributed by atoms with Crippen molar-refractivity contribution >= 4 is 22.2 Å². The second-order valence-corrected chi connectivity index (χ2v) is 7.89. The summed E-state index contributed by atoms with van der Waals surface area (Å²) in [4.78, 5) is 7.11. The monoisotopic (exact) mass is 359 g/mol. The Labute approximate surface area is 162 Å². The van der Waals surface area contributed by atoms with Gasteiger partial charge in [0.05, 0.1) is 0 Å². The van der Waals surface area contributed by atoms with E-state index >= 15 is 0 Å². The quantitative estimate of drug-likeness (QED) is 0.709. The average molecular weight is 360 g/mol. The second-order valence-electron chi connectivity index (χ2n) is 7.89. The van der Waals surface area contributed by atoms with Crippen LogP contribution < -0.4 is 5.32 Å². The van der Waals surface area contributed by atoms with Crippen molar-refractivity contribution in [2.24, 2.45) is 0 Å². The summed E-state index contributed by atoms with van der Waals surface area (Å²) in [7, 11) is 0. The van der Waals surface area contributed by atoms with Crippen LogP contribution in [0, 0.1) is 0 Å². The van der Waals surface area contributed by atoms with Crippen molar-refractivity contribution in [3.05, 3.63) is 66.0 Å². The van der Waals surface area contributed by atoms with Crippen molar-refractivity contribution < 1.29 is 0 Å². The lowest BCUT2D eigenvalue weighted by Crippen LogP contribution is -2.31. The van der Waals surface area contributed by atoms with Gasteiger partial charge in [0.1, 0.15) is 5.82 Å². The number of fused-ring (bicyclic) bond motifs is 1. The third-order valence-electron chi connectivity index (χ3n) is 5.61. The zero-order chi connectivity index (χ0) is 18.6. The van der Waals surface area contributed by atoms with E-state index in [1.807, 2.05) is 6.20 Å². The van der Waals surface area contributed by atoms with Crippen LogP contribution in [0.4, 0.5) is 5.82 Å². The standard InChI is InChI=1S/C24H29N3/c1-18-6-7-20(14-18)21-8-9-22-17-25-24(16-23(22)15-21)26-19(2)10-13-27-11-4-3-5-12-27/h6-9,15-17H,2-5,10-14H2,1H3,(H,25,26). The fraction of sp³-hybridized carbons (Fsp3) is 0.375. The first-order valence-electron chi connectivity index (χ1n) is 10.1. The molecule has 2 heterocycles. The molecule has 3 heteroatoms. The van der Waals surface area contributed by atoms with E-state index in [-0.39, 0.29) is 0 Å². The van der Waals surface area contributed by atoms with Gasteiger partial charge in [0, 0.05) is 23.8 Å². The van der Waals surface area contributed by atoms with Crippen molar-refractivity contribution in [3.8, 4) is 0 Å². The molecule has 140 valence electrons. The molecule has 2 aliphatic rings. The van der Waals surface area contributed by atoms with Gasteiger partial charge in [-0.1, -0.05) is 42.9 Å². The van der Waals surface area contributed by atoms with Crippen LogP contribution in [0.25, 0.3) is 16.3 Å². The van der Waals surface area contributed by atoms with Gasteiger partial charge in [-0.05, 0) is 74.4 Å². The van der Waals surface area contributed by atoms with Crippen molar-refractivity contribution in [2.75, 3.05) is 25.0 Å². The molecule has 27 heavy (non-hydrogen) atoms. The molecule has 3 nitrogen and oxygen atoms in total. The lowest BCUT2D eigenvalue weighted by atomic mass is 10.0. The van der Waals surface area contributed by atoms with Crippen LogP contribution in [-0.2, 0) is 0 Å². The number of hydrogen-bond acceptors (Lipinski definition) is 3. The Kier molecular flexibility index (Phi) is 5.40. The molecule has 1 aromatic heterocycles. The maximum atomic E-state index is 4.57. The summed E-state index contributed by atoms with van der Waals surface area (Å²) in [6.07, 6.45) is 12.5. The third kappa shape index (κ3) is 4.48. The number of hydrogen-bond donors (Lipinski definition) is 1. The highest BCUT2D eigenvalue weighted by Gasteiger charge is 2.11. The molecule has 1 fully saturated rings. The number of aromatic nitrogens is 1. The number of allylic oxidation sites excluding steroid dienone is 4. The van der Waals surface area contributed by atoms with Gasteiger partial charge >= 0.3 is 0 Å². The number of pyridine rings is 1. The Morgan fingerprint density at radius 3 is 2.74 bits per heavy atom. The van der Waals surface area contributed by atoms with E-state index < -0.39 is 0 Å². The van der Waals surface area contributed by atoms with Crippen LogP contribution in [-0.4, -0.2) is 29.5 Å². The number of anilines is 1. The van der Waals surface area contributed by atoms with E-state index in [4.69, 9.17) is 0 Å². The third-order valence-corrected chi connectivity index (χ3v) is 5.61. The van der Waals surface area contributed by atoms with Crippen LogP contribution in [0.3, 0.4) is 0 Å². The number of likely N-dealkylation sites (tertiary alicyclic amines) is 1. The molecule has 1 aliphatic carbocycles. The first-order chi connectivity index (χ1) is 13.2. The topological polar surface area (TPSA) is 28.2 Å². The Bertz CT molecular complexity index is 901. The molecule has 0 amide bonds. The van der Waals surface area contributed by atoms with Crippen molar-refractivity contribution in [2.45, 2.75) is 39.0 Å². The molecule has 4 rings (SSSR count). The molecule has 1 aliphatic heterocycles. The average Bonchev–Trinajstić information content (AvgIpc) is 3.13. The summed E-state index contributed by atoms with van der Waals surface area (Å²) in [5, 5.41) is 5.81. The summed E-state index contributed by atoms with van der Waals surface area (Å²) in [6.45, 7) is 9.94. The Hall–Kier alpha value is -2.39. The molecule has 0 bridgehead atoms. The molecule has 2 aromatic rings. The van der Waals surface area contributed by atoms with Crippen molar-refractivity contribution in [3.63, 3.8) is 0 Å². The van der Waals surface area contributed by atoms with Gasteiger partial charge in [0.2, 0.25) is 0 Å². The number of rotatable bonds is 6. The Balaban J connectivity index is 1.41. The zero-order valence-corrected chi connectivity index (χ0v) is 16.3. The van der Waals surface area contributed by atoms with E-state index in [0.717, 1.165) is 30.9 Å². The Morgan fingerprint density at radius 1 is 1.11 bits per heavy atom. The van der Waals surface area contributed by atoms with Gasteiger partial charge in [-0.25, -0.2) is 4.98 Å². The normalized spacial score (nSPS) is 17.7.